The van der Waals surface area contributed by atoms with Crippen LogP contribution in [0.15, 0.2) is 0 Å². The van der Waals surface area contributed by atoms with Crippen LogP contribution in [-0.2, 0) is 4.74 Å². The molecule has 110 valence electrons. The fraction of sp³-hybridized carbons (Fsp3) is 0.733. The van der Waals surface area contributed by atoms with Crippen LogP contribution in [0.3, 0.4) is 0 Å². The van der Waals surface area contributed by atoms with E-state index in [-0.39, 0.29) is 6.10 Å². The summed E-state index contributed by atoms with van der Waals surface area (Å²) in [6.45, 7) is 8.01. The quantitative estimate of drug-likeness (QED) is 0.866. The van der Waals surface area contributed by atoms with E-state index in [9.17, 15) is 0 Å². The third-order valence-corrected chi connectivity index (χ3v) is 4.15. The molecule has 5 nitrogen and oxygen atoms in total. The highest BCUT2D eigenvalue weighted by molar-refractivity contribution is 5.58. The summed E-state index contributed by atoms with van der Waals surface area (Å²) in [4.78, 5) is 9.44. The zero-order valence-corrected chi connectivity index (χ0v) is 12.6. The summed E-state index contributed by atoms with van der Waals surface area (Å²) in [7, 11) is 0. The molecule has 1 saturated heterocycles. The van der Waals surface area contributed by atoms with Gasteiger partial charge in [-0.3, -0.25) is 0 Å². The first kappa shape index (κ1) is 13.6. The van der Waals surface area contributed by atoms with E-state index in [0.717, 1.165) is 42.6 Å². The van der Waals surface area contributed by atoms with Crippen LogP contribution in [0.1, 0.15) is 50.4 Å². The van der Waals surface area contributed by atoms with Gasteiger partial charge in [0.1, 0.15) is 17.5 Å². The number of hydrogen-bond donors (Lipinski definition) is 2. The highest BCUT2D eigenvalue weighted by Crippen LogP contribution is 2.39. The number of aromatic nitrogens is 2. The van der Waals surface area contributed by atoms with Crippen molar-refractivity contribution < 1.29 is 4.74 Å². The number of hydrogen-bond acceptors (Lipinski definition) is 5. The standard InChI is InChI=1S/C15H24N4O/c1-4-16-13-9(2)14(17-12-7-8-20-10(12)3)19-15(18-13)11-5-6-11/h10-12H,4-8H2,1-3H3,(H2,16,17,18,19). The molecular formula is C15H24N4O. The first-order valence-corrected chi connectivity index (χ1v) is 7.69. The summed E-state index contributed by atoms with van der Waals surface area (Å²) in [6, 6.07) is 0.352. The molecule has 0 spiro atoms. The summed E-state index contributed by atoms with van der Waals surface area (Å²) < 4.78 is 5.62. The monoisotopic (exact) mass is 276 g/mol. The lowest BCUT2D eigenvalue weighted by Gasteiger charge is -2.20. The lowest BCUT2D eigenvalue weighted by Crippen LogP contribution is -2.28. The van der Waals surface area contributed by atoms with Gasteiger partial charge in [0.25, 0.3) is 0 Å². The average Bonchev–Trinajstić information content (AvgIpc) is 3.20. The molecule has 1 aliphatic carbocycles. The minimum absolute atomic E-state index is 0.247. The van der Waals surface area contributed by atoms with Crippen LogP contribution < -0.4 is 10.6 Å². The highest BCUT2D eigenvalue weighted by Gasteiger charge is 2.30. The van der Waals surface area contributed by atoms with Crippen LogP contribution in [0.2, 0.25) is 0 Å². The van der Waals surface area contributed by atoms with E-state index in [4.69, 9.17) is 9.72 Å². The maximum atomic E-state index is 5.62. The second-order valence-corrected chi connectivity index (χ2v) is 5.82. The number of ether oxygens (including phenoxy) is 1. The normalized spacial score (nSPS) is 25.8. The molecule has 2 atom stereocenters. The molecule has 2 fully saturated rings. The Morgan fingerprint density at radius 2 is 1.95 bits per heavy atom. The third kappa shape index (κ3) is 2.73. The Morgan fingerprint density at radius 3 is 2.55 bits per heavy atom. The summed E-state index contributed by atoms with van der Waals surface area (Å²) in [5.74, 6) is 3.49. The molecule has 1 aromatic rings. The van der Waals surface area contributed by atoms with Crippen LogP contribution in [0, 0.1) is 6.92 Å². The van der Waals surface area contributed by atoms with E-state index in [1.807, 2.05) is 0 Å². The van der Waals surface area contributed by atoms with Crippen LogP contribution in [0.5, 0.6) is 0 Å². The number of rotatable bonds is 5. The molecule has 1 aliphatic heterocycles. The first-order chi connectivity index (χ1) is 9.69. The van der Waals surface area contributed by atoms with Gasteiger partial charge < -0.3 is 15.4 Å². The highest BCUT2D eigenvalue weighted by atomic mass is 16.5. The van der Waals surface area contributed by atoms with E-state index in [2.05, 4.69) is 36.4 Å². The second-order valence-electron chi connectivity index (χ2n) is 5.82. The summed E-state index contributed by atoms with van der Waals surface area (Å²) in [5.41, 5.74) is 1.11. The fourth-order valence-corrected chi connectivity index (χ4v) is 2.64. The van der Waals surface area contributed by atoms with Gasteiger partial charge in [-0.25, -0.2) is 9.97 Å². The fourth-order valence-electron chi connectivity index (χ4n) is 2.64. The molecule has 0 aromatic carbocycles. The van der Waals surface area contributed by atoms with Crippen molar-refractivity contribution in [1.29, 1.82) is 0 Å². The van der Waals surface area contributed by atoms with E-state index >= 15 is 0 Å². The molecule has 1 aromatic heterocycles. The van der Waals surface area contributed by atoms with Crippen molar-refractivity contribution in [3.63, 3.8) is 0 Å². The van der Waals surface area contributed by atoms with Crippen LogP contribution in [-0.4, -0.2) is 35.3 Å². The van der Waals surface area contributed by atoms with Gasteiger partial charge in [-0.1, -0.05) is 0 Å². The van der Waals surface area contributed by atoms with Crippen molar-refractivity contribution in [2.45, 2.75) is 58.1 Å². The van der Waals surface area contributed by atoms with Crippen molar-refractivity contribution in [3.05, 3.63) is 11.4 Å². The van der Waals surface area contributed by atoms with Crippen molar-refractivity contribution in [2.24, 2.45) is 0 Å². The summed E-state index contributed by atoms with van der Waals surface area (Å²) in [6.07, 6.45) is 3.73. The van der Waals surface area contributed by atoms with Gasteiger partial charge in [-0.15, -0.1) is 0 Å². The molecule has 0 amide bonds. The molecule has 2 unspecified atom stereocenters. The van der Waals surface area contributed by atoms with E-state index in [0.29, 0.717) is 12.0 Å². The van der Waals surface area contributed by atoms with Gasteiger partial charge in [0.15, 0.2) is 0 Å². The van der Waals surface area contributed by atoms with Gasteiger partial charge in [-0.2, -0.15) is 0 Å². The minimum atomic E-state index is 0.247. The zero-order valence-electron chi connectivity index (χ0n) is 12.6. The maximum absolute atomic E-state index is 5.62. The van der Waals surface area contributed by atoms with Crippen LogP contribution >= 0.6 is 0 Å². The molecule has 0 bridgehead atoms. The Morgan fingerprint density at radius 1 is 1.20 bits per heavy atom. The minimum Gasteiger partial charge on any atom is -0.376 e. The Labute approximate surface area is 120 Å². The molecule has 0 radical (unpaired) electrons. The Balaban J connectivity index is 1.87. The largest absolute Gasteiger partial charge is 0.376 e. The SMILES string of the molecule is CCNc1nc(C2CC2)nc(NC2CCOC2C)c1C. The van der Waals surface area contributed by atoms with Gasteiger partial charge in [0.05, 0.1) is 12.1 Å². The molecule has 2 heterocycles. The molecule has 1 saturated carbocycles. The Hall–Kier alpha value is -1.36. The predicted octanol–water partition coefficient (Wildman–Crippen LogP) is 2.68. The number of nitrogens with zero attached hydrogens (tertiary/aromatic N) is 2. The Kier molecular flexibility index (Phi) is 3.78. The first-order valence-electron chi connectivity index (χ1n) is 7.69. The van der Waals surface area contributed by atoms with E-state index < -0.39 is 0 Å². The predicted molar refractivity (Wildman–Crippen MR) is 80.3 cm³/mol. The molecule has 20 heavy (non-hydrogen) atoms. The Bertz CT molecular complexity index is 487. The average molecular weight is 276 g/mol. The van der Waals surface area contributed by atoms with Crippen molar-refractivity contribution in [1.82, 2.24) is 9.97 Å². The van der Waals surface area contributed by atoms with Crippen LogP contribution in [0.4, 0.5) is 11.6 Å². The summed E-state index contributed by atoms with van der Waals surface area (Å²) >= 11 is 0. The zero-order chi connectivity index (χ0) is 14.1. The van der Waals surface area contributed by atoms with Crippen molar-refractivity contribution in [3.8, 4) is 0 Å². The number of anilines is 2. The maximum Gasteiger partial charge on any atom is 0.136 e. The molecule has 2 aliphatic rings. The van der Waals surface area contributed by atoms with E-state index in [1.165, 1.54) is 12.8 Å². The van der Waals surface area contributed by atoms with Crippen molar-refractivity contribution >= 4 is 11.6 Å². The third-order valence-electron chi connectivity index (χ3n) is 4.15. The van der Waals surface area contributed by atoms with Crippen LogP contribution in [0.25, 0.3) is 0 Å². The van der Waals surface area contributed by atoms with Gasteiger partial charge in [0.2, 0.25) is 0 Å². The van der Waals surface area contributed by atoms with Crippen molar-refractivity contribution in [2.75, 3.05) is 23.8 Å². The second kappa shape index (κ2) is 5.56. The smallest absolute Gasteiger partial charge is 0.136 e. The topological polar surface area (TPSA) is 59.1 Å². The number of nitrogens with one attached hydrogen (secondary N) is 2. The molecular weight excluding hydrogens is 252 g/mol. The van der Waals surface area contributed by atoms with E-state index in [1.54, 1.807) is 0 Å². The van der Waals surface area contributed by atoms with Gasteiger partial charge in [0, 0.05) is 24.6 Å². The summed E-state index contributed by atoms with van der Waals surface area (Å²) in [5, 5.41) is 6.92. The lowest BCUT2D eigenvalue weighted by molar-refractivity contribution is 0.121. The molecule has 3 rings (SSSR count). The lowest BCUT2D eigenvalue weighted by atomic mass is 10.1. The molecule has 2 N–H and O–H groups in total. The van der Waals surface area contributed by atoms with Gasteiger partial charge >= 0.3 is 0 Å². The van der Waals surface area contributed by atoms with Gasteiger partial charge in [-0.05, 0) is 40.0 Å². The molecule has 5 heteroatoms.